The van der Waals surface area contributed by atoms with Gasteiger partial charge in [-0.25, -0.2) is 4.79 Å². The fourth-order valence-electron chi connectivity index (χ4n) is 2.01. The predicted octanol–water partition coefficient (Wildman–Crippen LogP) is 4.19. The molecule has 0 radical (unpaired) electrons. The van der Waals surface area contributed by atoms with Gasteiger partial charge in [0.2, 0.25) is 0 Å². The number of aryl methyl sites for hydroxylation is 2. The Labute approximate surface area is 137 Å². The number of aliphatic imine (C=N–C) groups is 1. The SMILES string of the molecule is COC(=O)/N=C(\C#CCCc1ccccc1)c1ccc(C)cc1. The van der Waals surface area contributed by atoms with Crippen LogP contribution in [0.15, 0.2) is 59.6 Å². The van der Waals surface area contributed by atoms with Crippen molar-refractivity contribution >= 4 is 11.8 Å². The summed E-state index contributed by atoms with van der Waals surface area (Å²) in [6.45, 7) is 2.01. The van der Waals surface area contributed by atoms with Crippen molar-refractivity contribution < 1.29 is 9.53 Å². The molecule has 3 nitrogen and oxygen atoms in total. The maximum absolute atomic E-state index is 11.4. The average Bonchev–Trinajstić information content (AvgIpc) is 2.59. The van der Waals surface area contributed by atoms with Crippen molar-refractivity contribution in [2.24, 2.45) is 4.99 Å². The average molecular weight is 305 g/mol. The first-order valence-corrected chi connectivity index (χ1v) is 7.45. The molecule has 0 saturated heterocycles. The highest BCUT2D eigenvalue weighted by Crippen LogP contribution is 2.06. The van der Waals surface area contributed by atoms with E-state index in [0.29, 0.717) is 12.1 Å². The highest BCUT2D eigenvalue weighted by molar-refractivity contribution is 6.16. The highest BCUT2D eigenvalue weighted by Gasteiger charge is 2.04. The first-order valence-electron chi connectivity index (χ1n) is 7.45. The van der Waals surface area contributed by atoms with Crippen LogP contribution in [-0.2, 0) is 11.2 Å². The number of ether oxygens (including phenoxy) is 1. The molecule has 0 unspecified atom stereocenters. The summed E-state index contributed by atoms with van der Waals surface area (Å²) in [5.41, 5.74) is 3.63. The highest BCUT2D eigenvalue weighted by atomic mass is 16.5. The standard InChI is InChI=1S/C20H19NO2/c1-16-12-14-18(15-13-16)19(21-20(22)23-2)11-7-6-10-17-8-4-3-5-9-17/h3-5,8-9,12-15H,6,10H2,1-2H3/b21-19+. The lowest BCUT2D eigenvalue weighted by atomic mass is 10.1. The largest absolute Gasteiger partial charge is 0.451 e. The van der Waals surface area contributed by atoms with Crippen molar-refractivity contribution in [3.8, 4) is 11.8 Å². The van der Waals surface area contributed by atoms with Crippen LogP contribution in [0.2, 0.25) is 0 Å². The van der Waals surface area contributed by atoms with Crippen molar-refractivity contribution in [1.29, 1.82) is 0 Å². The maximum atomic E-state index is 11.4. The Kier molecular flexibility index (Phi) is 6.14. The number of hydrogen-bond donors (Lipinski definition) is 0. The summed E-state index contributed by atoms with van der Waals surface area (Å²) in [5.74, 6) is 6.08. The summed E-state index contributed by atoms with van der Waals surface area (Å²) in [5, 5.41) is 0. The van der Waals surface area contributed by atoms with Gasteiger partial charge < -0.3 is 4.74 Å². The zero-order chi connectivity index (χ0) is 16.5. The Bertz CT molecular complexity index is 735. The fourth-order valence-corrected chi connectivity index (χ4v) is 2.01. The molecule has 0 atom stereocenters. The van der Waals surface area contributed by atoms with Gasteiger partial charge in [0.05, 0.1) is 7.11 Å². The predicted molar refractivity (Wildman–Crippen MR) is 92.7 cm³/mol. The zero-order valence-corrected chi connectivity index (χ0v) is 13.4. The molecule has 1 amide bonds. The van der Waals surface area contributed by atoms with E-state index in [1.54, 1.807) is 0 Å². The van der Waals surface area contributed by atoms with Crippen LogP contribution in [0.1, 0.15) is 23.1 Å². The lowest BCUT2D eigenvalue weighted by Gasteiger charge is -2.00. The van der Waals surface area contributed by atoms with Gasteiger partial charge in [0.15, 0.2) is 0 Å². The number of rotatable bonds is 3. The summed E-state index contributed by atoms with van der Waals surface area (Å²) < 4.78 is 4.61. The van der Waals surface area contributed by atoms with Crippen molar-refractivity contribution in [2.75, 3.05) is 7.11 Å². The summed E-state index contributed by atoms with van der Waals surface area (Å²) in [7, 11) is 1.31. The molecule has 0 spiro atoms. The van der Waals surface area contributed by atoms with Gasteiger partial charge in [-0.05, 0) is 24.8 Å². The third kappa shape index (κ3) is 5.44. The van der Waals surface area contributed by atoms with Gasteiger partial charge in [-0.1, -0.05) is 66.1 Å². The Balaban J connectivity index is 2.12. The summed E-state index contributed by atoms with van der Waals surface area (Å²) >= 11 is 0. The Morgan fingerprint density at radius 1 is 1.09 bits per heavy atom. The minimum Gasteiger partial charge on any atom is -0.451 e. The quantitative estimate of drug-likeness (QED) is 0.630. The molecule has 3 heteroatoms. The molecule has 23 heavy (non-hydrogen) atoms. The lowest BCUT2D eigenvalue weighted by Crippen LogP contribution is -2.03. The van der Waals surface area contributed by atoms with Crippen LogP contribution in [0.5, 0.6) is 0 Å². The van der Waals surface area contributed by atoms with Crippen LogP contribution < -0.4 is 0 Å². The number of carbonyl (C=O) groups excluding carboxylic acids is 1. The molecule has 0 aliphatic heterocycles. The second-order valence-corrected chi connectivity index (χ2v) is 5.08. The molecule has 116 valence electrons. The van der Waals surface area contributed by atoms with Crippen LogP contribution in [0.3, 0.4) is 0 Å². The minimum atomic E-state index is -0.641. The molecule has 0 fully saturated rings. The van der Waals surface area contributed by atoms with Crippen molar-refractivity contribution in [3.63, 3.8) is 0 Å². The normalized spacial score (nSPS) is 10.6. The van der Waals surface area contributed by atoms with E-state index < -0.39 is 6.09 Å². The van der Waals surface area contributed by atoms with Crippen LogP contribution in [0, 0.1) is 18.8 Å². The molecule has 2 aromatic carbocycles. The van der Waals surface area contributed by atoms with Gasteiger partial charge in [-0.2, -0.15) is 4.99 Å². The van der Waals surface area contributed by atoms with E-state index in [9.17, 15) is 4.79 Å². The molecule has 0 aliphatic carbocycles. The molecular formula is C20H19NO2. The topological polar surface area (TPSA) is 38.7 Å². The molecule has 0 aromatic heterocycles. The molecule has 0 heterocycles. The van der Waals surface area contributed by atoms with Crippen LogP contribution in [-0.4, -0.2) is 18.9 Å². The van der Waals surface area contributed by atoms with E-state index in [1.807, 2.05) is 49.4 Å². The van der Waals surface area contributed by atoms with Crippen molar-refractivity contribution in [2.45, 2.75) is 19.8 Å². The van der Waals surface area contributed by atoms with Crippen LogP contribution in [0.25, 0.3) is 0 Å². The maximum Gasteiger partial charge on any atom is 0.434 e. The minimum absolute atomic E-state index is 0.435. The fraction of sp³-hybridized carbons (Fsp3) is 0.200. The molecule has 2 rings (SSSR count). The zero-order valence-electron chi connectivity index (χ0n) is 13.4. The van der Waals surface area contributed by atoms with Crippen LogP contribution in [0.4, 0.5) is 4.79 Å². The van der Waals surface area contributed by atoms with Gasteiger partial charge in [-0.3, -0.25) is 0 Å². The molecule has 0 bridgehead atoms. The summed E-state index contributed by atoms with van der Waals surface area (Å²) in [6, 6.07) is 17.9. The van der Waals surface area contributed by atoms with E-state index in [1.165, 1.54) is 12.7 Å². The first-order chi connectivity index (χ1) is 11.2. The number of amides is 1. The molecule has 0 N–H and O–H groups in total. The number of methoxy groups -OCH3 is 1. The third-order valence-electron chi connectivity index (χ3n) is 3.29. The number of carbonyl (C=O) groups is 1. The second kappa shape index (κ2) is 8.55. The van der Waals surface area contributed by atoms with Crippen LogP contribution >= 0.6 is 0 Å². The van der Waals surface area contributed by atoms with Crippen molar-refractivity contribution in [3.05, 3.63) is 71.3 Å². The first kappa shape index (κ1) is 16.5. The Hall–Kier alpha value is -2.86. The van der Waals surface area contributed by atoms with Gasteiger partial charge in [0, 0.05) is 12.0 Å². The smallest absolute Gasteiger partial charge is 0.434 e. The molecule has 2 aromatic rings. The Morgan fingerprint density at radius 2 is 1.78 bits per heavy atom. The number of benzene rings is 2. The monoisotopic (exact) mass is 305 g/mol. The lowest BCUT2D eigenvalue weighted by molar-refractivity contribution is 0.182. The third-order valence-corrected chi connectivity index (χ3v) is 3.29. The van der Waals surface area contributed by atoms with E-state index in [2.05, 4.69) is 33.7 Å². The van der Waals surface area contributed by atoms with Gasteiger partial charge in [0.25, 0.3) is 0 Å². The summed E-state index contributed by atoms with van der Waals surface area (Å²) in [4.78, 5) is 15.4. The van der Waals surface area contributed by atoms with E-state index in [0.717, 1.165) is 17.5 Å². The van der Waals surface area contributed by atoms with E-state index >= 15 is 0 Å². The molecular weight excluding hydrogens is 286 g/mol. The van der Waals surface area contributed by atoms with Gasteiger partial charge in [-0.15, -0.1) is 0 Å². The van der Waals surface area contributed by atoms with E-state index in [-0.39, 0.29) is 0 Å². The molecule has 0 aliphatic rings. The molecule has 0 saturated carbocycles. The van der Waals surface area contributed by atoms with Gasteiger partial charge in [0.1, 0.15) is 5.71 Å². The number of nitrogens with zero attached hydrogens (tertiary/aromatic N) is 1. The number of hydrogen-bond acceptors (Lipinski definition) is 2. The second-order valence-electron chi connectivity index (χ2n) is 5.08. The van der Waals surface area contributed by atoms with Gasteiger partial charge >= 0.3 is 6.09 Å². The van der Waals surface area contributed by atoms with Crippen molar-refractivity contribution in [1.82, 2.24) is 0 Å². The Morgan fingerprint density at radius 3 is 2.43 bits per heavy atom. The van der Waals surface area contributed by atoms with E-state index in [4.69, 9.17) is 0 Å². The summed E-state index contributed by atoms with van der Waals surface area (Å²) in [6.07, 6.45) is 0.932.